The topological polar surface area (TPSA) is 38.8 Å². The van der Waals surface area contributed by atoms with E-state index in [0.29, 0.717) is 25.9 Å². The lowest BCUT2D eigenvalue weighted by Gasteiger charge is -2.44. The maximum absolute atomic E-state index is 14.7. The van der Waals surface area contributed by atoms with E-state index in [4.69, 9.17) is 9.16 Å². The second-order valence-corrected chi connectivity index (χ2v) is 17.6. The van der Waals surface area contributed by atoms with E-state index in [1.165, 1.54) is 10.4 Å². The highest BCUT2D eigenvalue weighted by Crippen LogP contribution is 2.51. The third-order valence-electron chi connectivity index (χ3n) is 9.51. The Morgan fingerprint density at radius 2 is 1.39 bits per heavy atom. The van der Waals surface area contributed by atoms with Crippen molar-refractivity contribution in [1.82, 2.24) is 4.90 Å². The van der Waals surface area contributed by atoms with Crippen molar-refractivity contribution in [3.05, 3.63) is 145 Å². The van der Waals surface area contributed by atoms with E-state index < -0.39 is 13.7 Å². The van der Waals surface area contributed by atoms with Gasteiger partial charge in [-0.15, -0.1) is 6.58 Å². The predicted octanol–water partition coefficient (Wildman–Crippen LogP) is 7.07. The average molecular weight is 602 g/mol. The Morgan fingerprint density at radius 3 is 1.91 bits per heavy atom. The SMILES string of the molecule is C=CC[C@]1(Cc2ccccc2)CC2O[C@@H](c3ccccc3)[C@H](CO[Si](c3ccccc3)(c3ccccc3)C(C)(C)C)N2C1=O. The first-order chi connectivity index (χ1) is 21.3. The van der Waals surface area contributed by atoms with Crippen LogP contribution in [0.4, 0.5) is 0 Å². The van der Waals surface area contributed by atoms with Crippen LogP contribution in [0.1, 0.15) is 50.8 Å². The summed E-state index contributed by atoms with van der Waals surface area (Å²) in [5.74, 6) is 0.140. The summed E-state index contributed by atoms with van der Waals surface area (Å²) in [6.45, 7) is 11.3. The van der Waals surface area contributed by atoms with E-state index in [-0.39, 0.29) is 29.3 Å². The molecule has 0 bridgehead atoms. The zero-order valence-corrected chi connectivity index (χ0v) is 27.1. The van der Waals surface area contributed by atoms with Crippen molar-refractivity contribution < 1.29 is 14.0 Å². The zero-order valence-electron chi connectivity index (χ0n) is 26.1. The molecule has 4 aromatic rings. The van der Waals surface area contributed by atoms with Gasteiger partial charge in [0, 0.05) is 6.42 Å². The number of carbonyl (C=O) groups is 1. The molecule has 0 N–H and O–H groups in total. The standard InChI is InChI=1S/C39H43NO3Si/c1-5-26-39(27-30-18-10-6-11-19-30)28-35-40(37(39)41)34(36(43-35)31-20-12-7-13-21-31)29-42-44(38(2,3)4,32-22-14-8-15-23-32)33-24-16-9-17-25-33/h5-25,34-36H,1,26-29H2,2-4H3/t34-,35?,36-,39-/m0/s1. The van der Waals surface area contributed by atoms with Gasteiger partial charge >= 0.3 is 0 Å². The molecule has 0 aliphatic carbocycles. The summed E-state index contributed by atoms with van der Waals surface area (Å²) in [6, 6.07) is 41.8. The second kappa shape index (κ2) is 12.3. The van der Waals surface area contributed by atoms with Gasteiger partial charge in [0.25, 0.3) is 8.32 Å². The molecule has 2 heterocycles. The fourth-order valence-corrected chi connectivity index (χ4v) is 12.1. The largest absolute Gasteiger partial charge is 0.405 e. The maximum Gasteiger partial charge on any atom is 0.261 e. The van der Waals surface area contributed by atoms with Gasteiger partial charge in [-0.2, -0.15) is 0 Å². The Bertz CT molecular complexity index is 1520. The second-order valence-electron chi connectivity index (χ2n) is 13.3. The Labute approximate surface area is 263 Å². The van der Waals surface area contributed by atoms with Crippen LogP contribution in [0, 0.1) is 5.41 Å². The molecule has 44 heavy (non-hydrogen) atoms. The quantitative estimate of drug-likeness (QED) is 0.144. The van der Waals surface area contributed by atoms with Gasteiger partial charge < -0.3 is 14.1 Å². The van der Waals surface area contributed by atoms with Gasteiger partial charge in [0.2, 0.25) is 5.91 Å². The Hall–Kier alpha value is -3.77. The summed E-state index contributed by atoms with van der Waals surface area (Å²) in [4.78, 5) is 16.7. The lowest BCUT2D eigenvalue weighted by atomic mass is 9.77. The van der Waals surface area contributed by atoms with Crippen molar-refractivity contribution in [2.75, 3.05) is 6.61 Å². The molecule has 5 heteroatoms. The van der Waals surface area contributed by atoms with Gasteiger partial charge in [-0.25, -0.2) is 0 Å². The highest BCUT2D eigenvalue weighted by molar-refractivity contribution is 6.99. The minimum absolute atomic E-state index is 0.140. The van der Waals surface area contributed by atoms with E-state index in [0.717, 1.165) is 11.1 Å². The molecule has 4 aromatic carbocycles. The third kappa shape index (κ3) is 5.38. The zero-order chi connectivity index (χ0) is 30.8. The van der Waals surface area contributed by atoms with Crippen LogP contribution >= 0.6 is 0 Å². The van der Waals surface area contributed by atoms with E-state index in [1.54, 1.807) is 0 Å². The van der Waals surface area contributed by atoms with Crippen LogP contribution in [-0.2, 0) is 20.4 Å². The number of ether oxygens (including phenoxy) is 1. The maximum atomic E-state index is 14.7. The molecule has 0 spiro atoms. The molecule has 2 aliphatic heterocycles. The number of allylic oxidation sites excluding steroid dienone is 1. The number of amides is 1. The van der Waals surface area contributed by atoms with Gasteiger partial charge in [0.1, 0.15) is 12.3 Å². The molecule has 2 saturated heterocycles. The normalized spacial score (nSPS) is 23.5. The number of nitrogens with zero attached hydrogens (tertiary/aromatic N) is 1. The molecular weight excluding hydrogens is 559 g/mol. The van der Waals surface area contributed by atoms with Gasteiger partial charge in [0.15, 0.2) is 0 Å². The summed E-state index contributed by atoms with van der Waals surface area (Å²) in [6.07, 6.45) is 3.20. The molecule has 4 nitrogen and oxygen atoms in total. The lowest BCUT2D eigenvalue weighted by molar-refractivity contribution is -0.138. The summed E-state index contributed by atoms with van der Waals surface area (Å²) in [5, 5.41) is 2.28. The van der Waals surface area contributed by atoms with Crippen LogP contribution in [0.25, 0.3) is 0 Å². The van der Waals surface area contributed by atoms with E-state index in [2.05, 4.69) is 112 Å². The van der Waals surface area contributed by atoms with Crippen LogP contribution in [0.2, 0.25) is 5.04 Å². The molecule has 226 valence electrons. The van der Waals surface area contributed by atoms with Crippen molar-refractivity contribution >= 4 is 24.6 Å². The van der Waals surface area contributed by atoms with Crippen LogP contribution in [0.3, 0.4) is 0 Å². The van der Waals surface area contributed by atoms with Crippen molar-refractivity contribution in [1.29, 1.82) is 0 Å². The van der Waals surface area contributed by atoms with Crippen molar-refractivity contribution in [2.45, 2.75) is 63.4 Å². The average Bonchev–Trinajstić information content (AvgIpc) is 3.52. The van der Waals surface area contributed by atoms with Crippen molar-refractivity contribution in [3.63, 3.8) is 0 Å². The Kier molecular flexibility index (Phi) is 8.47. The van der Waals surface area contributed by atoms with Crippen LogP contribution in [0.15, 0.2) is 134 Å². The molecule has 0 aromatic heterocycles. The Balaban J connectivity index is 1.41. The first kappa shape index (κ1) is 30.3. The molecule has 0 radical (unpaired) electrons. The van der Waals surface area contributed by atoms with E-state index in [9.17, 15) is 4.79 Å². The van der Waals surface area contributed by atoms with Gasteiger partial charge in [0.05, 0.1) is 18.1 Å². The van der Waals surface area contributed by atoms with Crippen molar-refractivity contribution in [2.24, 2.45) is 5.41 Å². The highest BCUT2D eigenvalue weighted by Gasteiger charge is 2.60. The number of carbonyl (C=O) groups excluding carboxylic acids is 1. The molecule has 2 aliphatic rings. The smallest absolute Gasteiger partial charge is 0.261 e. The lowest BCUT2D eigenvalue weighted by Crippen LogP contribution is -2.67. The Morgan fingerprint density at radius 1 is 0.864 bits per heavy atom. The molecule has 0 saturated carbocycles. The first-order valence-corrected chi connectivity index (χ1v) is 17.6. The molecule has 1 unspecified atom stereocenters. The van der Waals surface area contributed by atoms with Crippen LogP contribution in [0.5, 0.6) is 0 Å². The van der Waals surface area contributed by atoms with E-state index in [1.807, 2.05) is 47.4 Å². The number of hydrogen-bond acceptors (Lipinski definition) is 3. The van der Waals surface area contributed by atoms with Crippen LogP contribution < -0.4 is 10.4 Å². The number of hydrogen-bond donors (Lipinski definition) is 0. The third-order valence-corrected chi connectivity index (χ3v) is 14.5. The highest BCUT2D eigenvalue weighted by atomic mass is 28.4. The van der Waals surface area contributed by atoms with Crippen LogP contribution in [-0.4, -0.2) is 38.0 Å². The minimum Gasteiger partial charge on any atom is -0.405 e. The van der Waals surface area contributed by atoms with Gasteiger partial charge in [-0.3, -0.25) is 4.79 Å². The molecule has 6 rings (SSSR count). The number of benzene rings is 4. The predicted molar refractivity (Wildman–Crippen MR) is 180 cm³/mol. The summed E-state index contributed by atoms with van der Waals surface area (Å²) < 4.78 is 14.3. The summed E-state index contributed by atoms with van der Waals surface area (Å²) in [5.41, 5.74) is 1.64. The van der Waals surface area contributed by atoms with Gasteiger partial charge in [-0.05, 0) is 39.4 Å². The van der Waals surface area contributed by atoms with Crippen molar-refractivity contribution in [3.8, 4) is 0 Å². The molecule has 2 fully saturated rings. The fourth-order valence-electron chi connectivity index (χ4n) is 7.54. The first-order valence-electron chi connectivity index (χ1n) is 15.7. The summed E-state index contributed by atoms with van der Waals surface area (Å²) in [7, 11) is -2.83. The molecule has 4 atom stereocenters. The monoisotopic (exact) mass is 601 g/mol. The summed E-state index contributed by atoms with van der Waals surface area (Å²) >= 11 is 0. The van der Waals surface area contributed by atoms with E-state index >= 15 is 0 Å². The number of fused-ring (bicyclic) bond motifs is 1. The molecular formula is C39H43NO3Si. The minimum atomic E-state index is -2.83. The van der Waals surface area contributed by atoms with Gasteiger partial charge in [-0.1, -0.05) is 148 Å². The fraction of sp³-hybridized carbons (Fsp3) is 0.308. The molecule has 1 amide bonds. The number of rotatable bonds is 10.